The maximum absolute atomic E-state index is 13.3. The standard InChI is InChI=1S/C17H21NOS2/c1-16(2)14(20-9-5-6-10-20)13(19)15(17(3,4)18-16)21-11-7-8-12-21/h5-12,18H,1-4H3. The second-order valence-corrected chi connectivity index (χ2v) is 9.81. The maximum atomic E-state index is 13.3. The smallest absolute Gasteiger partial charge is 0.200 e. The van der Waals surface area contributed by atoms with Gasteiger partial charge in [0, 0.05) is 11.1 Å². The van der Waals surface area contributed by atoms with Crippen molar-refractivity contribution in [2.45, 2.75) is 38.8 Å². The molecule has 0 unspecified atom stereocenters. The zero-order valence-corrected chi connectivity index (χ0v) is 14.5. The van der Waals surface area contributed by atoms with Crippen LogP contribution in [-0.2, 0) is 4.79 Å². The molecule has 1 N–H and O–H groups in total. The number of ketones is 1. The third-order valence-corrected chi connectivity index (χ3v) is 7.90. The minimum atomic E-state index is -0.289. The van der Waals surface area contributed by atoms with Gasteiger partial charge in [-0.3, -0.25) is 10.1 Å². The van der Waals surface area contributed by atoms with Crippen LogP contribution in [0.2, 0.25) is 0 Å². The van der Waals surface area contributed by atoms with E-state index in [9.17, 15) is 4.79 Å². The van der Waals surface area contributed by atoms with Gasteiger partial charge in [-0.15, -0.1) is 21.0 Å². The lowest BCUT2D eigenvalue weighted by Gasteiger charge is -2.45. The topological polar surface area (TPSA) is 29.1 Å². The lowest BCUT2D eigenvalue weighted by molar-refractivity contribution is -0.108. The molecule has 2 nitrogen and oxygen atoms in total. The number of piperidine rings is 1. The van der Waals surface area contributed by atoms with Gasteiger partial charge in [0.15, 0.2) is 0 Å². The summed E-state index contributed by atoms with van der Waals surface area (Å²) in [6.07, 6.45) is 8.15. The Morgan fingerprint density at radius 1 is 0.762 bits per heavy atom. The largest absolute Gasteiger partial charge is 0.298 e. The van der Waals surface area contributed by atoms with Crippen LogP contribution < -0.4 is 5.32 Å². The molecule has 112 valence electrons. The van der Waals surface area contributed by atoms with Gasteiger partial charge in [0.2, 0.25) is 5.78 Å². The number of allylic oxidation sites excluding steroid dienone is 4. The highest BCUT2D eigenvalue weighted by Gasteiger charge is 2.47. The molecule has 0 aromatic rings. The molecule has 3 aliphatic rings. The average molecular weight is 319 g/mol. The van der Waals surface area contributed by atoms with Gasteiger partial charge in [0.25, 0.3) is 0 Å². The highest BCUT2D eigenvalue weighted by molar-refractivity contribution is 8.24. The van der Waals surface area contributed by atoms with Crippen LogP contribution in [0.5, 0.6) is 0 Å². The molecule has 4 heteroatoms. The summed E-state index contributed by atoms with van der Waals surface area (Å²) in [6.45, 7) is 8.48. The van der Waals surface area contributed by atoms with Crippen molar-refractivity contribution >= 4 is 36.5 Å². The van der Waals surface area contributed by atoms with Crippen molar-refractivity contribution in [3.63, 3.8) is 0 Å². The number of hydrogen-bond acceptors (Lipinski definition) is 2. The molecule has 0 spiro atoms. The first kappa shape index (κ1) is 14.9. The van der Waals surface area contributed by atoms with E-state index in [4.69, 9.17) is 0 Å². The van der Waals surface area contributed by atoms with E-state index in [-0.39, 0.29) is 37.8 Å². The van der Waals surface area contributed by atoms with Crippen molar-refractivity contribution in [1.29, 1.82) is 0 Å². The summed E-state index contributed by atoms with van der Waals surface area (Å²) in [7, 11) is -0.377. The van der Waals surface area contributed by atoms with Crippen molar-refractivity contribution in [1.82, 2.24) is 5.32 Å². The maximum Gasteiger partial charge on any atom is 0.200 e. The Labute approximate surface area is 131 Å². The molecule has 3 rings (SSSR count). The fraction of sp³-hybridized carbons (Fsp3) is 0.353. The van der Waals surface area contributed by atoms with Crippen LogP contribution in [0.1, 0.15) is 27.7 Å². The molecule has 3 heterocycles. The molecular formula is C17H21NOS2. The molecule has 0 bridgehead atoms. The third kappa shape index (κ3) is 2.50. The molecule has 1 saturated heterocycles. The Balaban J connectivity index is 2.23. The molecule has 0 radical (unpaired) electrons. The minimum absolute atomic E-state index is 0.188. The Hall–Kier alpha value is -0.970. The molecular weight excluding hydrogens is 298 g/mol. The summed E-state index contributed by atoms with van der Waals surface area (Å²) in [5, 5.41) is 12.2. The summed E-state index contributed by atoms with van der Waals surface area (Å²) < 4.78 is 0. The first-order chi connectivity index (χ1) is 9.83. The van der Waals surface area contributed by atoms with Gasteiger partial charge < -0.3 is 0 Å². The summed E-state index contributed by atoms with van der Waals surface area (Å²) in [6, 6.07) is 0. The number of Topliss-reactive ketones (excluding diaryl/α,β-unsaturated/α-hetero) is 1. The van der Waals surface area contributed by atoms with Gasteiger partial charge >= 0.3 is 0 Å². The summed E-state index contributed by atoms with van der Waals surface area (Å²) >= 11 is 0. The molecule has 0 aromatic heterocycles. The number of carbonyl (C=O) groups is 1. The summed E-state index contributed by atoms with van der Waals surface area (Å²) in [5.41, 5.74) is -0.578. The van der Waals surface area contributed by atoms with Gasteiger partial charge in [-0.1, -0.05) is 24.3 Å². The van der Waals surface area contributed by atoms with Crippen molar-refractivity contribution in [2.75, 3.05) is 0 Å². The van der Waals surface area contributed by atoms with Gasteiger partial charge in [-0.25, -0.2) is 0 Å². The molecule has 3 aliphatic heterocycles. The molecule has 0 atom stereocenters. The van der Waals surface area contributed by atoms with Gasteiger partial charge in [0.05, 0.1) is 9.73 Å². The molecule has 21 heavy (non-hydrogen) atoms. The lowest BCUT2D eigenvalue weighted by atomic mass is 9.81. The Bertz CT molecular complexity index is 614. The van der Waals surface area contributed by atoms with Crippen LogP contribution in [0.3, 0.4) is 0 Å². The SMILES string of the molecule is CC1(C)NC(C)(C)C(=S2C=CC=C2)C(=O)C1=S1C=CC=C1. The quantitative estimate of drug-likeness (QED) is 0.690. The van der Waals surface area contributed by atoms with E-state index in [1.807, 2.05) is 24.3 Å². The van der Waals surface area contributed by atoms with Crippen LogP contribution in [-0.4, -0.2) is 26.6 Å². The number of carbonyl (C=O) groups excluding carboxylic acids is 1. The van der Waals surface area contributed by atoms with Crippen LogP contribution in [0, 0.1) is 0 Å². The van der Waals surface area contributed by atoms with Crippen LogP contribution in [0.25, 0.3) is 0 Å². The number of hydrogen-bond donors (Lipinski definition) is 1. The van der Waals surface area contributed by atoms with E-state index in [0.29, 0.717) is 0 Å². The zero-order valence-electron chi connectivity index (χ0n) is 12.8. The fourth-order valence-corrected chi connectivity index (χ4v) is 7.00. The van der Waals surface area contributed by atoms with Crippen molar-refractivity contribution in [3.05, 3.63) is 45.9 Å². The first-order valence-electron chi connectivity index (χ1n) is 7.06. The predicted molar refractivity (Wildman–Crippen MR) is 98.1 cm³/mol. The van der Waals surface area contributed by atoms with E-state index in [1.165, 1.54) is 0 Å². The molecule has 0 saturated carbocycles. The van der Waals surface area contributed by atoms with E-state index >= 15 is 0 Å². The van der Waals surface area contributed by atoms with E-state index < -0.39 is 0 Å². The predicted octanol–water partition coefficient (Wildman–Crippen LogP) is 3.68. The summed E-state index contributed by atoms with van der Waals surface area (Å²) in [5.74, 6) is 0.253. The van der Waals surface area contributed by atoms with Crippen molar-refractivity contribution in [3.8, 4) is 0 Å². The van der Waals surface area contributed by atoms with Gasteiger partial charge in [0.1, 0.15) is 0 Å². The molecule has 0 aliphatic carbocycles. The highest BCUT2D eigenvalue weighted by Crippen LogP contribution is 2.38. The molecule has 0 aromatic carbocycles. The Kier molecular flexibility index (Phi) is 3.59. The zero-order chi connectivity index (χ0) is 15.3. The van der Waals surface area contributed by atoms with E-state index in [1.54, 1.807) is 0 Å². The van der Waals surface area contributed by atoms with Gasteiger partial charge in [-0.2, -0.15) is 0 Å². The van der Waals surface area contributed by atoms with Crippen molar-refractivity contribution < 1.29 is 4.79 Å². The fourth-order valence-electron chi connectivity index (χ4n) is 3.25. The van der Waals surface area contributed by atoms with Crippen LogP contribution >= 0.6 is 21.0 Å². The minimum Gasteiger partial charge on any atom is -0.298 e. The third-order valence-electron chi connectivity index (χ3n) is 3.77. The average Bonchev–Trinajstić information content (AvgIpc) is 2.98. The summed E-state index contributed by atoms with van der Waals surface area (Å²) in [4.78, 5) is 15.3. The van der Waals surface area contributed by atoms with E-state index in [2.05, 4.69) is 54.6 Å². The Morgan fingerprint density at radius 2 is 1.10 bits per heavy atom. The number of rotatable bonds is 0. The monoisotopic (exact) mass is 319 g/mol. The van der Waals surface area contributed by atoms with E-state index in [0.717, 1.165) is 9.73 Å². The highest BCUT2D eigenvalue weighted by atomic mass is 32.2. The second-order valence-electron chi connectivity index (χ2n) is 6.42. The lowest BCUT2D eigenvalue weighted by Crippen LogP contribution is -2.68. The first-order valence-corrected chi connectivity index (χ1v) is 9.76. The molecule has 0 amide bonds. The Morgan fingerprint density at radius 3 is 1.43 bits per heavy atom. The number of nitrogens with one attached hydrogen (secondary N) is 1. The van der Waals surface area contributed by atoms with Crippen LogP contribution in [0.4, 0.5) is 0 Å². The normalized spacial score (nSPS) is 27.3. The molecule has 1 fully saturated rings. The van der Waals surface area contributed by atoms with Crippen molar-refractivity contribution in [2.24, 2.45) is 0 Å². The second kappa shape index (κ2) is 5.04. The van der Waals surface area contributed by atoms with Crippen LogP contribution in [0.15, 0.2) is 45.9 Å². The van der Waals surface area contributed by atoms with Gasteiger partial charge in [-0.05, 0) is 49.3 Å².